The summed E-state index contributed by atoms with van der Waals surface area (Å²) in [4.78, 5) is 7.89. The number of hydrogen-bond donors (Lipinski definition) is 2. The number of benzene rings is 1. The zero-order valence-electron chi connectivity index (χ0n) is 10.8. The summed E-state index contributed by atoms with van der Waals surface area (Å²) in [7, 11) is 0. The van der Waals surface area contributed by atoms with E-state index in [9.17, 15) is 0 Å². The molecule has 1 heterocycles. The van der Waals surface area contributed by atoms with Gasteiger partial charge in [0.1, 0.15) is 5.82 Å². The van der Waals surface area contributed by atoms with Gasteiger partial charge in [0, 0.05) is 23.0 Å². The lowest BCUT2D eigenvalue weighted by molar-refractivity contribution is 0.885. The number of nitrogens with one attached hydrogen (secondary N) is 1. The molecule has 0 bridgehead atoms. The van der Waals surface area contributed by atoms with E-state index in [4.69, 9.17) is 5.73 Å². The molecule has 0 aliphatic carbocycles. The molecule has 0 atom stereocenters. The van der Waals surface area contributed by atoms with Crippen LogP contribution in [0.25, 0.3) is 0 Å². The molecule has 1 aromatic carbocycles. The van der Waals surface area contributed by atoms with Crippen LogP contribution in [0.1, 0.15) is 28.3 Å². The number of halogens is 1. The Labute approximate surface area is 116 Å². The zero-order chi connectivity index (χ0) is 13.1. The lowest BCUT2D eigenvalue weighted by Crippen LogP contribution is -2.04. The van der Waals surface area contributed by atoms with Gasteiger partial charge in [-0.05, 0) is 37.6 Å². The maximum absolute atomic E-state index is 5.54. The number of aryl methyl sites for hydroxylation is 2. The summed E-state index contributed by atoms with van der Waals surface area (Å²) < 4.78 is 1.15. The van der Waals surface area contributed by atoms with Crippen LogP contribution < -0.4 is 5.73 Å². The van der Waals surface area contributed by atoms with Crippen LogP contribution >= 0.6 is 15.9 Å². The average molecular weight is 308 g/mol. The number of imidazole rings is 1. The first-order chi connectivity index (χ1) is 8.60. The predicted octanol–water partition coefficient (Wildman–Crippen LogP) is 2.88. The Kier molecular flexibility index (Phi) is 4.19. The van der Waals surface area contributed by atoms with Gasteiger partial charge < -0.3 is 10.7 Å². The Hall–Kier alpha value is -1.13. The number of aromatic nitrogens is 2. The highest BCUT2D eigenvalue weighted by atomic mass is 79.9. The molecule has 0 amide bonds. The Morgan fingerprint density at radius 1 is 1.33 bits per heavy atom. The molecule has 0 radical (unpaired) electrons. The van der Waals surface area contributed by atoms with Gasteiger partial charge in [-0.3, -0.25) is 0 Å². The maximum Gasteiger partial charge on any atom is 0.107 e. The summed E-state index contributed by atoms with van der Waals surface area (Å²) in [5, 5.41) is 0. The molecule has 0 saturated carbocycles. The molecule has 0 saturated heterocycles. The van der Waals surface area contributed by atoms with Crippen LogP contribution in [0, 0.1) is 13.8 Å². The van der Waals surface area contributed by atoms with Crippen molar-refractivity contribution in [3.05, 3.63) is 51.0 Å². The maximum atomic E-state index is 5.54. The molecule has 2 aromatic rings. The Balaban J connectivity index is 2.20. The third kappa shape index (κ3) is 3.00. The first kappa shape index (κ1) is 13.3. The van der Waals surface area contributed by atoms with Crippen molar-refractivity contribution in [2.24, 2.45) is 5.73 Å². The van der Waals surface area contributed by atoms with Gasteiger partial charge in [-0.2, -0.15) is 0 Å². The van der Waals surface area contributed by atoms with Crippen molar-refractivity contribution in [3.63, 3.8) is 0 Å². The fraction of sp³-hybridized carbons (Fsp3) is 0.357. The van der Waals surface area contributed by atoms with Gasteiger partial charge in [-0.25, -0.2) is 4.98 Å². The van der Waals surface area contributed by atoms with Gasteiger partial charge in [0.25, 0.3) is 0 Å². The standard InChI is InChI=1S/C14H18BrN3/c1-9-3-4-11(7-12(9)15)8-13-10(2)17-14(18-13)5-6-16/h3-4,7H,5-6,8,16H2,1-2H3,(H,17,18). The summed E-state index contributed by atoms with van der Waals surface area (Å²) >= 11 is 3.56. The van der Waals surface area contributed by atoms with E-state index < -0.39 is 0 Å². The number of nitrogens with zero attached hydrogens (tertiary/aromatic N) is 1. The van der Waals surface area contributed by atoms with Crippen molar-refractivity contribution in [1.82, 2.24) is 9.97 Å². The molecule has 1 aromatic heterocycles. The van der Waals surface area contributed by atoms with Crippen molar-refractivity contribution < 1.29 is 0 Å². The van der Waals surface area contributed by atoms with E-state index >= 15 is 0 Å². The SMILES string of the molecule is Cc1ccc(Cc2nc(CCN)[nH]c2C)cc1Br. The minimum atomic E-state index is 0.627. The van der Waals surface area contributed by atoms with Gasteiger partial charge in [-0.15, -0.1) is 0 Å². The Morgan fingerprint density at radius 3 is 2.78 bits per heavy atom. The fourth-order valence-electron chi connectivity index (χ4n) is 1.93. The summed E-state index contributed by atoms with van der Waals surface area (Å²) in [5.41, 5.74) is 10.3. The van der Waals surface area contributed by atoms with Crippen molar-refractivity contribution in [3.8, 4) is 0 Å². The average Bonchev–Trinajstić information content (AvgIpc) is 2.65. The largest absolute Gasteiger partial charge is 0.346 e. The van der Waals surface area contributed by atoms with Crippen LogP contribution in [-0.4, -0.2) is 16.5 Å². The van der Waals surface area contributed by atoms with E-state index in [0.717, 1.165) is 34.5 Å². The summed E-state index contributed by atoms with van der Waals surface area (Å²) in [6.07, 6.45) is 1.66. The second-order valence-corrected chi connectivity index (χ2v) is 5.41. The van der Waals surface area contributed by atoms with E-state index in [1.807, 2.05) is 0 Å². The van der Waals surface area contributed by atoms with Gasteiger partial charge >= 0.3 is 0 Å². The molecule has 0 aliphatic heterocycles. The molecular formula is C14H18BrN3. The topological polar surface area (TPSA) is 54.7 Å². The summed E-state index contributed by atoms with van der Waals surface area (Å²) in [6, 6.07) is 6.44. The minimum Gasteiger partial charge on any atom is -0.346 e. The molecule has 3 nitrogen and oxygen atoms in total. The molecular weight excluding hydrogens is 290 g/mol. The number of rotatable bonds is 4. The van der Waals surface area contributed by atoms with Gasteiger partial charge in [0.2, 0.25) is 0 Å². The predicted molar refractivity (Wildman–Crippen MR) is 77.8 cm³/mol. The van der Waals surface area contributed by atoms with E-state index in [-0.39, 0.29) is 0 Å². The smallest absolute Gasteiger partial charge is 0.107 e. The van der Waals surface area contributed by atoms with Crippen molar-refractivity contribution in [2.75, 3.05) is 6.54 Å². The third-order valence-corrected chi connectivity index (χ3v) is 3.88. The van der Waals surface area contributed by atoms with Crippen molar-refractivity contribution >= 4 is 15.9 Å². The normalized spacial score (nSPS) is 10.9. The highest BCUT2D eigenvalue weighted by Crippen LogP contribution is 2.20. The minimum absolute atomic E-state index is 0.627. The van der Waals surface area contributed by atoms with Gasteiger partial charge in [-0.1, -0.05) is 28.1 Å². The highest BCUT2D eigenvalue weighted by Gasteiger charge is 2.07. The number of hydrogen-bond acceptors (Lipinski definition) is 2. The van der Waals surface area contributed by atoms with Gasteiger partial charge in [0.15, 0.2) is 0 Å². The lowest BCUT2D eigenvalue weighted by Gasteiger charge is -2.03. The van der Waals surface area contributed by atoms with E-state index in [0.29, 0.717) is 6.54 Å². The molecule has 2 rings (SSSR count). The van der Waals surface area contributed by atoms with Crippen LogP contribution in [0.2, 0.25) is 0 Å². The molecule has 0 unspecified atom stereocenters. The molecule has 0 aliphatic rings. The van der Waals surface area contributed by atoms with Crippen molar-refractivity contribution in [1.29, 1.82) is 0 Å². The zero-order valence-corrected chi connectivity index (χ0v) is 12.3. The molecule has 0 fully saturated rings. The molecule has 4 heteroatoms. The molecule has 0 spiro atoms. The Morgan fingerprint density at radius 2 is 2.11 bits per heavy atom. The number of aromatic amines is 1. The van der Waals surface area contributed by atoms with E-state index in [2.05, 4.69) is 57.9 Å². The third-order valence-electron chi connectivity index (χ3n) is 3.02. The quantitative estimate of drug-likeness (QED) is 0.912. The monoisotopic (exact) mass is 307 g/mol. The molecule has 18 heavy (non-hydrogen) atoms. The van der Waals surface area contributed by atoms with Crippen LogP contribution in [0.4, 0.5) is 0 Å². The summed E-state index contributed by atoms with van der Waals surface area (Å²) in [5.74, 6) is 0.983. The number of H-pyrrole nitrogens is 1. The highest BCUT2D eigenvalue weighted by molar-refractivity contribution is 9.10. The fourth-order valence-corrected chi connectivity index (χ4v) is 2.36. The van der Waals surface area contributed by atoms with E-state index in [1.165, 1.54) is 11.1 Å². The van der Waals surface area contributed by atoms with Crippen LogP contribution in [0.15, 0.2) is 22.7 Å². The second kappa shape index (κ2) is 5.67. The van der Waals surface area contributed by atoms with Crippen LogP contribution in [0.3, 0.4) is 0 Å². The second-order valence-electron chi connectivity index (χ2n) is 4.55. The Bertz CT molecular complexity index is 546. The first-order valence-electron chi connectivity index (χ1n) is 6.09. The first-order valence-corrected chi connectivity index (χ1v) is 6.89. The number of nitrogens with two attached hydrogens (primary N) is 1. The van der Waals surface area contributed by atoms with Crippen LogP contribution in [0.5, 0.6) is 0 Å². The summed E-state index contributed by atoms with van der Waals surface area (Å²) in [6.45, 7) is 4.78. The van der Waals surface area contributed by atoms with Crippen molar-refractivity contribution in [2.45, 2.75) is 26.7 Å². The van der Waals surface area contributed by atoms with Crippen LogP contribution in [-0.2, 0) is 12.8 Å². The molecule has 3 N–H and O–H groups in total. The molecule has 96 valence electrons. The van der Waals surface area contributed by atoms with Gasteiger partial charge in [0.05, 0.1) is 5.69 Å². The lowest BCUT2D eigenvalue weighted by atomic mass is 10.1. The van der Waals surface area contributed by atoms with E-state index in [1.54, 1.807) is 0 Å².